The Morgan fingerprint density at radius 2 is 1.84 bits per heavy atom. The van der Waals surface area contributed by atoms with Crippen LogP contribution in [0.2, 0.25) is 0 Å². The van der Waals surface area contributed by atoms with E-state index in [1.54, 1.807) is 24.5 Å². The molecule has 0 saturated carbocycles. The maximum atomic E-state index is 13.1. The molecule has 1 aromatic carbocycles. The molecule has 4 rings (SSSR count). The summed E-state index contributed by atoms with van der Waals surface area (Å²) >= 11 is 0. The minimum absolute atomic E-state index is 0.131. The van der Waals surface area contributed by atoms with Crippen LogP contribution in [0.3, 0.4) is 0 Å². The number of ether oxygens (including phenoxy) is 1. The number of pyridine rings is 1. The molecule has 1 saturated heterocycles. The number of anilines is 2. The van der Waals surface area contributed by atoms with E-state index in [4.69, 9.17) is 4.74 Å². The number of piperazine rings is 1. The summed E-state index contributed by atoms with van der Waals surface area (Å²) in [6.45, 7) is 2.57. The van der Waals surface area contributed by atoms with Crippen LogP contribution < -0.4 is 20.1 Å². The highest BCUT2D eigenvalue weighted by Gasteiger charge is 2.25. The fourth-order valence-corrected chi connectivity index (χ4v) is 3.86. The average Bonchev–Trinajstić information content (AvgIpc) is 2.79. The number of carbonyl (C=O) groups is 1. The highest BCUT2D eigenvalue weighted by molar-refractivity contribution is 5.97. The fraction of sp³-hybridized carbons (Fsp3) is 0.364. The first-order valence-corrected chi connectivity index (χ1v) is 10.1. The Balaban J connectivity index is 1.53. The number of rotatable bonds is 4. The van der Waals surface area contributed by atoms with E-state index >= 15 is 0 Å². The van der Waals surface area contributed by atoms with Gasteiger partial charge in [0.05, 0.1) is 18.2 Å². The number of hydrogen-bond acceptors (Lipinski definition) is 7. The summed E-state index contributed by atoms with van der Waals surface area (Å²) < 4.78 is 6.66. The molecule has 0 spiro atoms. The van der Waals surface area contributed by atoms with Gasteiger partial charge in [0, 0.05) is 70.7 Å². The van der Waals surface area contributed by atoms with Crippen molar-refractivity contribution < 1.29 is 9.53 Å². The van der Waals surface area contributed by atoms with E-state index in [0.717, 1.165) is 22.4 Å². The second-order valence-corrected chi connectivity index (χ2v) is 7.78. The molecule has 1 aliphatic heterocycles. The van der Waals surface area contributed by atoms with Crippen molar-refractivity contribution in [2.45, 2.75) is 0 Å². The smallest absolute Gasteiger partial charge is 0.259 e. The third kappa shape index (κ3) is 3.90. The van der Waals surface area contributed by atoms with Crippen molar-refractivity contribution in [3.8, 4) is 5.75 Å². The zero-order valence-electron chi connectivity index (χ0n) is 18.2. The van der Waals surface area contributed by atoms with Gasteiger partial charge in [-0.05, 0) is 18.2 Å². The summed E-state index contributed by atoms with van der Waals surface area (Å²) in [6.07, 6.45) is 3.12. The number of hydrogen-bond donors (Lipinski definition) is 0. The standard InChI is InChI=1S/C22H26N6O3/c1-25(2)21-16-11-15(5-6-18(16)23-14-24-21)27-7-9-28(10-8-27)22(30)17-13-26(3)20(29)12-19(17)31-4/h5-6,11-14H,7-10H2,1-4H3. The van der Waals surface area contributed by atoms with Gasteiger partial charge in [-0.3, -0.25) is 9.59 Å². The van der Waals surface area contributed by atoms with Crippen LogP contribution in [0.25, 0.3) is 10.9 Å². The Bertz CT molecular complexity index is 1180. The molecule has 0 aliphatic carbocycles. The summed E-state index contributed by atoms with van der Waals surface area (Å²) in [7, 11) is 7.02. The fourth-order valence-electron chi connectivity index (χ4n) is 3.86. The molecular formula is C22H26N6O3. The van der Waals surface area contributed by atoms with Crippen molar-refractivity contribution in [1.29, 1.82) is 0 Å². The summed E-state index contributed by atoms with van der Waals surface area (Å²) in [5, 5.41) is 0.999. The van der Waals surface area contributed by atoms with Crippen molar-refractivity contribution >= 4 is 28.3 Å². The third-order valence-electron chi connectivity index (χ3n) is 5.59. The van der Waals surface area contributed by atoms with Gasteiger partial charge in [-0.2, -0.15) is 0 Å². The lowest BCUT2D eigenvalue weighted by atomic mass is 10.1. The van der Waals surface area contributed by atoms with Gasteiger partial charge >= 0.3 is 0 Å². The van der Waals surface area contributed by atoms with Gasteiger partial charge in [0.1, 0.15) is 17.9 Å². The predicted molar refractivity (Wildman–Crippen MR) is 120 cm³/mol. The van der Waals surface area contributed by atoms with E-state index in [-0.39, 0.29) is 11.5 Å². The molecule has 1 fully saturated rings. The first-order chi connectivity index (χ1) is 14.9. The summed E-state index contributed by atoms with van der Waals surface area (Å²) in [5.74, 6) is 1.05. The summed E-state index contributed by atoms with van der Waals surface area (Å²) in [4.78, 5) is 39.7. The molecule has 0 radical (unpaired) electrons. The minimum Gasteiger partial charge on any atom is -0.496 e. The number of nitrogens with zero attached hydrogens (tertiary/aromatic N) is 6. The molecule has 1 aliphatic rings. The van der Waals surface area contributed by atoms with E-state index in [1.165, 1.54) is 17.7 Å². The molecule has 3 heterocycles. The van der Waals surface area contributed by atoms with Crippen molar-refractivity contribution in [2.75, 3.05) is 57.2 Å². The SMILES string of the molecule is COc1cc(=O)n(C)cc1C(=O)N1CCN(c2ccc3ncnc(N(C)C)c3c2)CC1. The van der Waals surface area contributed by atoms with Gasteiger partial charge in [0.15, 0.2) is 0 Å². The highest BCUT2D eigenvalue weighted by Crippen LogP contribution is 2.27. The molecule has 1 amide bonds. The van der Waals surface area contributed by atoms with Crippen molar-refractivity contribution in [3.05, 3.63) is 52.7 Å². The van der Waals surface area contributed by atoms with Crippen LogP contribution in [-0.2, 0) is 7.05 Å². The number of benzene rings is 1. The number of aromatic nitrogens is 3. The molecular weight excluding hydrogens is 396 g/mol. The number of methoxy groups -OCH3 is 1. The van der Waals surface area contributed by atoms with Crippen LogP contribution in [0.5, 0.6) is 5.75 Å². The minimum atomic E-state index is -0.212. The van der Waals surface area contributed by atoms with Gasteiger partial charge < -0.3 is 24.0 Å². The molecule has 0 bridgehead atoms. The lowest BCUT2D eigenvalue weighted by Gasteiger charge is -2.36. The Labute approximate surface area is 180 Å². The Morgan fingerprint density at radius 3 is 2.52 bits per heavy atom. The van der Waals surface area contributed by atoms with Gasteiger partial charge in [-0.1, -0.05) is 0 Å². The number of aryl methyl sites for hydroxylation is 1. The van der Waals surface area contributed by atoms with Crippen molar-refractivity contribution in [2.24, 2.45) is 7.05 Å². The zero-order valence-corrected chi connectivity index (χ0v) is 18.2. The zero-order chi connectivity index (χ0) is 22.1. The average molecular weight is 422 g/mol. The maximum Gasteiger partial charge on any atom is 0.259 e. The Hall–Kier alpha value is -3.62. The number of amides is 1. The highest BCUT2D eigenvalue weighted by atomic mass is 16.5. The molecule has 162 valence electrons. The second kappa shape index (κ2) is 8.25. The van der Waals surface area contributed by atoms with E-state index in [1.807, 2.05) is 25.1 Å². The van der Waals surface area contributed by atoms with Crippen LogP contribution in [0.1, 0.15) is 10.4 Å². The van der Waals surface area contributed by atoms with Crippen LogP contribution >= 0.6 is 0 Å². The van der Waals surface area contributed by atoms with E-state index in [9.17, 15) is 9.59 Å². The van der Waals surface area contributed by atoms with Crippen LogP contribution in [0.4, 0.5) is 11.5 Å². The molecule has 9 heteroatoms. The van der Waals surface area contributed by atoms with E-state index in [0.29, 0.717) is 37.5 Å². The van der Waals surface area contributed by atoms with Crippen molar-refractivity contribution in [3.63, 3.8) is 0 Å². The van der Waals surface area contributed by atoms with Gasteiger partial charge in [-0.25, -0.2) is 9.97 Å². The van der Waals surface area contributed by atoms with Crippen LogP contribution in [-0.4, -0.2) is 72.7 Å². The second-order valence-electron chi connectivity index (χ2n) is 7.78. The van der Waals surface area contributed by atoms with E-state index < -0.39 is 0 Å². The van der Waals surface area contributed by atoms with Crippen molar-refractivity contribution in [1.82, 2.24) is 19.4 Å². The Morgan fingerprint density at radius 1 is 1.10 bits per heavy atom. The number of fused-ring (bicyclic) bond motifs is 1. The molecule has 0 unspecified atom stereocenters. The van der Waals surface area contributed by atoms with Gasteiger partial charge in [-0.15, -0.1) is 0 Å². The number of carbonyl (C=O) groups excluding carboxylic acids is 1. The topological polar surface area (TPSA) is 83.8 Å². The van der Waals surface area contributed by atoms with Gasteiger partial charge in [0.25, 0.3) is 11.5 Å². The normalized spacial score (nSPS) is 14.1. The maximum absolute atomic E-state index is 13.1. The Kier molecular flexibility index (Phi) is 5.50. The molecule has 2 aromatic heterocycles. The monoisotopic (exact) mass is 422 g/mol. The molecule has 0 N–H and O–H groups in total. The van der Waals surface area contributed by atoms with Gasteiger partial charge in [0.2, 0.25) is 0 Å². The third-order valence-corrected chi connectivity index (χ3v) is 5.59. The first-order valence-electron chi connectivity index (χ1n) is 10.1. The quantitative estimate of drug-likeness (QED) is 0.628. The molecule has 0 atom stereocenters. The van der Waals surface area contributed by atoms with Crippen LogP contribution in [0, 0.1) is 0 Å². The summed E-state index contributed by atoms with van der Waals surface area (Å²) in [6, 6.07) is 7.52. The molecule has 31 heavy (non-hydrogen) atoms. The lowest BCUT2D eigenvalue weighted by Crippen LogP contribution is -2.49. The summed E-state index contributed by atoms with van der Waals surface area (Å²) in [5.41, 5.74) is 2.17. The lowest BCUT2D eigenvalue weighted by molar-refractivity contribution is 0.0742. The first kappa shape index (κ1) is 20.6. The molecule has 9 nitrogen and oxygen atoms in total. The largest absolute Gasteiger partial charge is 0.496 e. The molecule has 3 aromatic rings. The van der Waals surface area contributed by atoms with E-state index in [2.05, 4.69) is 27.0 Å². The predicted octanol–water partition coefficient (Wildman–Crippen LogP) is 1.37. The van der Waals surface area contributed by atoms with Crippen LogP contribution in [0.15, 0.2) is 41.6 Å².